The quantitative estimate of drug-likeness (QED) is 0.0499. The van der Waals surface area contributed by atoms with Gasteiger partial charge in [-0.1, -0.05) is 138 Å². The Morgan fingerprint density at radius 1 is 0.566 bits per heavy atom. The molecular formula is C40H50CaO10S2. The van der Waals surface area contributed by atoms with Crippen LogP contribution in [0.5, 0.6) is 34.5 Å². The van der Waals surface area contributed by atoms with Crippen LogP contribution in [0, 0.1) is 0 Å². The van der Waals surface area contributed by atoms with Crippen LogP contribution in [0.2, 0.25) is 0 Å². The molecule has 0 aliphatic rings. The molecule has 0 radical (unpaired) electrons. The molecule has 0 bridgehead atoms. The van der Waals surface area contributed by atoms with E-state index in [1.165, 1.54) is 93.5 Å². The number of unbranched alkanes of at least 4 members (excludes halogenated alkanes) is 10. The van der Waals surface area contributed by atoms with Gasteiger partial charge in [-0.2, -0.15) is 8.42 Å². The Balaban J connectivity index is 0.000000360. The second-order valence-electron chi connectivity index (χ2n) is 12.6. The van der Waals surface area contributed by atoms with E-state index in [1.807, 2.05) is 6.07 Å². The van der Waals surface area contributed by atoms with Crippen LogP contribution in [0.4, 0.5) is 0 Å². The molecule has 0 amide bonds. The third-order valence-electron chi connectivity index (χ3n) is 8.41. The van der Waals surface area contributed by atoms with Crippen molar-refractivity contribution in [2.45, 2.75) is 114 Å². The number of ether oxygens (including phenoxy) is 2. The Kier molecular flexibility index (Phi) is 20.8. The maximum absolute atomic E-state index is 12.2. The van der Waals surface area contributed by atoms with Crippen molar-refractivity contribution in [2.24, 2.45) is 0 Å². The van der Waals surface area contributed by atoms with Crippen molar-refractivity contribution < 1.29 is 45.6 Å². The van der Waals surface area contributed by atoms with Crippen LogP contribution in [-0.4, -0.2) is 68.8 Å². The van der Waals surface area contributed by atoms with Gasteiger partial charge in [0, 0.05) is 0 Å². The number of benzene rings is 4. The fourth-order valence-corrected chi connectivity index (χ4v) is 6.88. The largest absolute Gasteiger partial charge is 2.00 e. The molecule has 10 nitrogen and oxygen atoms in total. The number of rotatable bonds is 20. The molecule has 0 fully saturated rings. The Hall–Kier alpha value is -2.84. The van der Waals surface area contributed by atoms with E-state index in [9.17, 15) is 36.2 Å². The topological polar surface area (TPSA) is 173 Å². The Morgan fingerprint density at radius 3 is 1.53 bits per heavy atom. The molecule has 0 atom stereocenters. The number of hydrogen-bond acceptors (Lipinski definition) is 9. The van der Waals surface area contributed by atoms with Crippen LogP contribution in [0.3, 0.4) is 0 Å². The first-order valence-corrected chi connectivity index (χ1v) is 20.8. The van der Waals surface area contributed by atoms with E-state index in [2.05, 4.69) is 13.8 Å². The zero-order valence-corrected chi connectivity index (χ0v) is 34.5. The van der Waals surface area contributed by atoms with E-state index in [0.717, 1.165) is 49.7 Å². The summed E-state index contributed by atoms with van der Waals surface area (Å²) in [4.78, 5) is -0.789. The van der Waals surface area contributed by atoms with Crippen molar-refractivity contribution in [1.82, 2.24) is 0 Å². The molecule has 0 heterocycles. The summed E-state index contributed by atoms with van der Waals surface area (Å²) in [5.41, 5.74) is 1.54. The molecule has 4 aromatic carbocycles. The molecule has 4 rings (SSSR count). The molecule has 0 unspecified atom stereocenters. The smallest absolute Gasteiger partial charge is 0.870 e. The normalized spacial score (nSPS) is 11.2. The van der Waals surface area contributed by atoms with Crippen LogP contribution < -0.4 is 14.6 Å². The minimum Gasteiger partial charge on any atom is -0.870 e. The number of phenolic OH excluding ortho intramolecular Hbond substituents is 1. The van der Waals surface area contributed by atoms with Crippen molar-refractivity contribution in [2.75, 3.05) is 0 Å². The summed E-state index contributed by atoms with van der Waals surface area (Å²) >= 11 is 0. The first-order valence-electron chi connectivity index (χ1n) is 17.9. The third kappa shape index (κ3) is 15.8. The summed E-state index contributed by atoms with van der Waals surface area (Å²) in [7, 11) is -9.10. The summed E-state index contributed by atoms with van der Waals surface area (Å²) in [6.07, 6.45) is 15.1. The molecule has 4 aromatic rings. The Morgan fingerprint density at radius 2 is 1.00 bits per heavy atom. The predicted octanol–water partition coefficient (Wildman–Crippen LogP) is 9.31. The van der Waals surface area contributed by atoms with Crippen molar-refractivity contribution in [3.63, 3.8) is 0 Å². The van der Waals surface area contributed by atoms with E-state index in [-0.39, 0.29) is 77.1 Å². The first-order chi connectivity index (χ1) is 24.9. The van der Waals surface area contributed by atoms with Gasteiger partial charge >= 0.3 is 37.7 Å². The van der Waals surface area contributed by atoms with E-state index in [0.29, 0.717) is 6.42 Å². The van der Waals surface area contributed by atoms with Gasteiger partial charge in [-0.15, -0.1) is 0 Å². The number of para-hydroxylation sites is 4. The van der Waals surface area contributed by atoms with E-state index in [1.54, 1.807) is 30.3 Å². The molecule has 284 valence electrons. The number of aromatic hydroxyl groups is 1. The second-order valence-corrected chi connectivity index (χ2v) is 15.3. The third-order valence-corrected chi connectivity index (χ3v) is 10.2. The van der Waals surface area contributed by atoms with Gasteiger partial charge < -0.3 is 24.2 Å². The van der Waals surface area contributed by atoms with Gasteiger partial charge in [-0.25, -0.2) is 8.42 Å². The van der Waals surface area contributed by atoms with E-state index < -0.39 is 25.1 Å². The maximum atomic E-state index is 12.2. The summed E-state index contributed by atoms with van der Waals surface area (Å²) in [6.45, 7) is 4.35. The van der Waals surface area contributed by atoms with Crippen LogP contribution in [0.15, 0.2) is 94.7 Å². The average Bonchev–Trinajstić information content (AvgIpc) is 3.10. The van der Waals surface area contributed by atoms with E-state index >= 15 is 0 Å². The minimum atomic E-state index is -4.69. The van der Waals surface area contributed by atoms with Crippen LogP contribution >= 0.6 is 0 Å². The molecule has 0 aromatic heterocycles. The van der Waals surface area contributed by atoms with Gasteiger partial charge in [0.05, 0.1) is 4.90 Å². The van der Waals surface area contributed by atoms with Crippen molar-refractivity contribution in [3.05, 3.63) is 96.1 Å². The zero-order valence-electron chi connectivity index (χ0n) is 30.7. The summed E-state index contributed by atoms with van der Waals surface area (Å²) in [5.74, 6) is -0.185. The predicted molar refractivity (Wildman–Crippen MR) is 205 cm³/mol. The molecule has 0 saturated carbocycles. The summed E-state index contributed by atoms with van der Waals surface area (Å²) in [6, 6.07) is 21.3. The first kappa shape index (κ1) is 46.3. The average molecular weight is 795 g/mol. The van der Waals surface area contributed by atoms with Gasteiger partial charge in [0.15, 0.2) is 11.5 Å². The standard InChI is InChI=1S/2C20H26O5S.Ca/c2*1-2-3-4-5-6-7-11-16-12-10-13-17(21)20(16)25-18-14-8-9-15-19(18)26(22,23)24;/h2*8-10,12-15,21H,2-7,11H2,1H3,(H,22,23,24);/q;;+2/p-2. The molecule has 0 saturated heterocycles. The van der Waals surface area contributed by atoms with Crippen molar-refractivity contribution in [3.8, 4) is 34.5 Å². The Labute approximate surface area is 345 Å². The van der Waals surface area contributed by atoms with Crippen molar-refractivity contribution >= 4 is 58.0 Å². The SMILES string of the molecule is CCCCCCCCc1cccc(O)c1Oc1ccccc1S(=O)(=O)O.CCCCCCCCc1cccc([O-])c1Oc1ccccc1S(=O)(=O)[O-].[Ca+2]. The molecule has 13 heteroatoms. The van der Waals surface area contributed by atoms with Crippen LogP contribution in [0.25, 0.3) is 0 Å². The Bertz CT molecular complexity index is 1780. The summed E-state index contributed by atoms with van der Waals surface area (Å²) in [5, 5.41) is 22.4. The van der Waals surface area contributed by atoms with Crippen LogP contribution in [-0.2, 0) is 33.1 Å². The van der Waals surface area contributed by atoms with Crippen LogP contribution in [0.1, 0.15) is 102 Å². The minimum absolute atomic E-state index is 0. The number of hydrogen-bond donors (Lipinski definition) is 2. The molecule has 2 N–H and O–H groups in total. The van der Waals surface area contributed by atoms with Gasteiger partial charge in [0.25, 0.3) is 10.1 Å². The van der Waals surface area contributed by atoms with Gasteiger partial charge in [0.2, 0.25) is 0 Å². The summed E-state index contributed by atoms with van der Waals surface area (Å²) < 4.78 is 77.9. The number of phenols is 1. The molecule has 0 aliphatic carbocycles. The molecular weight excluding hydrogens is 745 g/mol. The monoisotopic (exact) mass is 794 g/mol. The van der Waals surface area contributed by atoms with E-state index in [4.69, 9.17) is 9.47 Å². The van der Waals surface area contributed by atoms with Gasteiger partial charge in [-0.3, -0.25) is 4.55 Å². The van der Waals surface area contributed by atoms with Crippen molar-refractivity contribution in [1.29, 1.82) is 0 Å². The maximum Gasteiger partial charge on any atom is 2.00 e. The van der Waals surface area contributed by atoms with Gasteiger partial charge in [-0.05, 0) is 67.1 Å². The molecule has 0 spiro atoms. The molecule has 53 heavy (non-hydrogen) atoms. The molecule has 0 aliphatic heterocycles. The second kappa shape index (κ2) is 23.8. The zero-order chi connectivity index (χ0) is 38.0. The van der Waals surface area contributed by atoms with Gasteiger partial charge in [0.1, 0.15) is 32.3 Å². The fraction of sp³-hybridized carbons (Fsp3) is 0.400. The number of aryl methyl sites for hydroxylation is 2. The fourth-order valence-electron chi connectivity index (χ4n) is 5.66.